The fourth-order valence-corrected chi connectivity index (χ4v) is 2.51. The number of nitrogens with one attached hydrogen (secondary N) is 1. The largest absolute Gasteiger partial charge is 0.316 e. The van der Waals surface area contributed by atoms with Crippen LogP contribution in [0.25, 0.3) is 0 Å². The predicted molar refractivity (Wildman–Crippen MR) is 46.6 cm³/mol. The van der Waals surface area contributed by atoms with Crippen LogP contribution in [0.5, 0.6) is 0 Å². The molecule has 1 N–H and O–H groups in total. The summed E-state index contributed by atoms with van der Waals surface area (Å²) in [5, 5.41) is 3.51. The van der Waals surface area contributed by atoms with Gasteiger partial charge in [0.25, 0.3) is 0 Å². The molecule has 2 saturated heterocycles. The predicted octanol–water partition coefficient (Wildman–Crippen LogP) is 0.546. The first-order valence-electron chi connectivity index (χ1n) is 4.68. The monoisotopic (exact) mass is 154 g/mol. The topological polar surface area (TPSA) is 15.3 Å². The van der Waals surface area contributed by atoms with Crippen LogP contribution in [0.4, 0.5) is 0 Å². The van der Waals surface area contributed by atoms with Gasteiger partial charge >= 0.3 is 0 Å². The molecule has 0 aromatic carbocycles. The van der Waals surface area contributed by atoms with Gasteiger partial charge in [-0.05, 0) is 45.3 Å². The fourth-order valence-electron chi connectivity index (χ4n) is 2.51. The lowest BCUT2D eigenvalue weighted by atomic mass is 9.81. The van der Waals surface area contributed by atoms with Crippen molar-refractivity contribution < 1.29 is 0 Å². The first-order valence-corrected chi connectivity index (χ1v) is 4.68. The van der Waals surface area contributed by atoms with E-state index in [0.717, 1.165) is 17.9 Å². The van der Waals surface area contributed by atoms with Crippen LogP contribution in [-0.4, -0.2) is 37.6 Å². The maximum Gasteiger partial charge on any atom is 0.0104 e. The quantitative estimate of drug-likeness (QED) is 0.548. The van der Waals surface area contributed by atoms with Crippen LogP contribution < -0.4 is 5.32 Å². The van der Waals surface area contributed by atoms with Gasteiger partial charge in [0.2, 0.25) is 0 Å². The molecular formula is C9H18N2. The lowest BCUT2D eigenvalue weighted by Gasteiger charge is -2.45. The van der Waals surface area contributed by atoms with Crippen LogP contribution >= 0.6 is 0 Å². The Labute approximate surface area is 69.0 Å². The molecule has 3 atom stereocenters. The van der Waals surface area contributed by atoms with Crippen molar-refractivity contribution in [2.75, 3.05) is 26.7 Å². The molecule has 11 heavy (non-hydrogen) atoms. The van der Waals surface area contributed by atoms with E-state index in [0.29, 0.717) is 0 Å². The Morgan fingerprint density at radius 1 is 1.36 bits per heavy atom. The Bertz CT molecular complexity index is 144. The van der Waals surface area contributed by atoms with Crippen LogP contribution in [0.1, 0.15) is 13.3 Å². The Morgan fingerprint density at radius 3 is 3.00 bits per heavy atom. The van der Waals surface area contributed by atoms with Gasteiger partial charge in [0.05, 0.1) is 0 Å². The molecule has 0 saturated carbocycles. The summed E-state index contributed by atoms with van der Waals surface area (Å²) in [5.74, 6) is 1.84. The van der Waals surface area contributed by atoms with E-state index in [1.165, 1.54) is 26.1 Å². The van der Waals surface area contributed by atoms with Crippen molar-refractivity contribution in [3.63, 3.8) is 0 Å². The van der Waals surface area contributed by atoms with E-state index in [1.54, 1.807) is 0 Å². The number of rotatable bonds is 0. The van der Waals surface area contributed by atoms with E-state index in [4.69, 9.17) is 0 Å². The molecule has 0 aromatic heterocycles. The molecule has 0 spiro atoms. The number of piperidine rings is 2. The summed E-state index contributed by atoms with van der Waals surface area (Å²) in [6.45, 7) is 6.13. The van der Waals surface area contributed by atoms with Crippen molar-refractivity contribution in [2.45, 2.75) is 19.4 Å². The Morgan fingerprint density at radius 2 is 2.18 bits per heavy atom. The molecule has 2 heterocycles. The lowest BCUT2D eigenvalue weighted by molar-refractivity contribution is 0.0648. The summed E-state index contributed by atoms with van der Waals surface area (Å²) in [7, 11) is 2.26. The highest BCUT2D eigenvalue weighted by atomic mass is 15.2. The van der Waals surface area contributed by atoms with Crippen molar-refractivity contribution in [1.82, 2.24) is 10.2 Å². The highest BCUT2D eigenvalue weighted by Crippen LogP contribution is 2.28. The summed E-state index contributed by atoms with van der Waals surface area (Å²) in [6, 6.07) is 0.791. The maximum atomic E-state index is 3.51. The third-order valence-electron chi connectivity index (χ3n) is 3.40. The SMILES string of the molecule is C[C@@H]1[C@H]2CNC[C@@H](C2)CN1C. The molecule has 0 amide bonds. The number of nitrogens with zero attached hydrogens (tertiary/aromatic N) is 1. The molecule has 64 valence electrons. The molecule has 2 heteroatoms. The van der Waals surface area contributed by atoms with E-state index in [9.17, 15) is 0 Å². The Kier molecular flexibility index (Phi) is 1.90. The van der Waals surface area contributed by atoms with Gasteiger partial charge in [-0.2, -0.15) is 0 Å². The molecule has 0 aliphatic carbocycles. The van der Waals surface area contributed by atoms with Gasteiger partial charge in [0, 0.05) is 12.6 Å². The van der Waals surface area contributed by atoms with Crippen molar-refractivity contribution >= 4 is 0 Å². The second kappa shape index (κ2) is 2.76. The van der Waals surface area contributed by atoms with E-state index in [-0.39, 0.29) is 0 Å². The van der Waals surface area contributed by atoms with Crippen LogP contribution in [0.15, 0.2) is 0 Å². The second-order valence-electron chi connectivity index (χ2n) is 4.20. The van der Waals surface area contributed by atoms with Gasteiger partial charge in [-0.3, -0.25) is 0 Å². The van der Waals surface area contributed by atoms with Gasteiger partial charge in [0.1, 0.15) is 0 Å². The highest BCUT2D eigenvalue weighted by molar-refractivity contribution is 4.89. The minimum atomic E-state index is 0.791. The minimum absolute atomic E-state index is 0.791. The first kappa shape index (κ1) is 7.56. The first-order chi connectivity index (χ1) is 5.27. The number of likely N-dealkylation sites (tertiary alicyclic amines) is 1. The minimum Gasteiger partial charge on any atom is -0.316 e. The molecular weight excluding hydrogens is 136 g/mol. The zero-order valence-electron chi connectivity index (χ0n) is 7.51. The third-order valence-corrected chi connectivity index (χ3v) is 3.40. The average Bonchev–Trinajstić information content (AvgIpc) is 2.01. The molecule has 0 aromatic rings. The zero-order chi connectivity index (χ0) is 7.84. The van der Waals surface area contributed by atoms with Crippen molar-refractivity contribution in [3.05, 3.63) is 0 Å². The molecule has 2 aliphatic heterocycles. The van der Waals surface area contributed by atoms with Crippen LogP contribution in [-0.2, 0) is 0 Å². The number of fused-ring (bicyclic) bond motifs is 2. The van der Waals surface area contributed by atoms with E-state index in [2.05, 4.69) is 24.2 Å². The smallest absolute Gasteiger partial charge is 0.0104 e. The third kappa shape index (κ3) is 1.30. The molecule has 0 unspecified atom stereocenters. The normalized spacial score (nSPS) is 45.8. The summed E-state index contributed by atoms with van der Waals surface area (Å²) in [5.41, 5.74) is 0. The van der Waals surface area contributed by atoms with Gasteiger partial charge < -0.3 is 10.2 Å². The van der Waals surface area contributed by atoms with Crippen molar-refractivity contribution in [1.29, 1.82) is 0 Å². The van der Waals surface area contributed by atoms with Crippen molar-refractivity contribution in [3.8, 4) is 0 Å². The summed E-state index contributed by atoms with van der Waals surface area (Å²) >= 11 is 0. The van der Waals surface area contributed by atoms with E-state index >= 15 is 0 Å². The zero-order valence-corrected chi connectivity index (χ0v) is 7.51. The van der Waals surface area contributed by atoms with Gasteiger partial charge in [-0.25, -0.2) is 0 Å². The average molecular weight is 154 g/mol. The molecule has 2 rings (SSSR count). The second-order valence-corrected chi connectivity index (χ2v) is 4.20. The molecule has 0 radical (unpaired) electrons. The summed E-state index contributed by atoms with van der Waals surface area (Å²) < 4.78 is 0. The van der Waals surface area contributed by atoms with Crippen LogP contribution in [0.2, 0.25) is 0 Å². The van der Waals surface area contributed by atoms with Gasteiger partial charge in [-0.15, -0.1) is 0 Å². The Hall–Kier alpha value is -0.0800. The molecule has 2 nitrogen and oxygen atoms in total. The van der Waals surface area contributed by atoms with Gasteiger partial charge in [0.15, 0.2) is 0 Å². The fraction of sp³-hybridized carbons (Fsp3) is 1.00. The van der Waals surface area contributed by atoms with E-state index in [1.807, 2.05) is 0 Å². The molecule has 2 fully saturated rings. The summed E-state index contributed by atoms with van der Waals surface area (Å²) in [4.78, 5) is 2.51. The summed E-state index contributed by atoms with van der Waals surface area (Å²) in [6.07, 6.45) is 1.46. The highest BCUT2D eigenvalue weighted by Gasteiger charge is 2.33. The maximum absolute atomic E-state index is 3.51. The molecule has 2 aliphatic rings. The standard InChI is InChI=1S/C9H18N2/c1-7-9-3-8(4-10-5-9)6-11(7)2/h7-10H,3-6H2,1-2H3/t7-,8-,9-/m1/s1. The number of hydrogen-bond acceptors (Lipinski definition) is 2. The van der Waals surface area contributed by atoms with Crippen molar-refractivity contribution in [2.24, 2.45) is 11.8 Å². The van der Waals surface area contributed by atoms with Gasteiger partial charge in [-0.1, -0.05) is 0 Å². The van der Waals surface area contributed by atoms with E-state index < -0.39 is 0 Å². The van der Waals surface area contributed by atoms with Crippen LogP contribution in [0.3, 0.4) is 0 Å². The number of hydrogen-bond donors (Lipinski definition) is 1. The lowest BCUT2D eigenvalue weighted by Crippen LogP contribution is -2.54. The molecule has 2 bridgehead atoms. The van der Waals surface area contributed by atoms with Crippen LogP contribution in [0, 0.1) is 11.8 Å². The Balaban J connectivity index is 2.05.